The zero-order chi connectivity index (χ0) is 11.8. The third-order valence-corrected chi connectivity index (χ3v) is 3.56. The Kier molecular flexibility index (Phi) is 2.97. The minimum Gasteiger partial charge on any atom is -0.456 e. The van der Waals surface area contributed by atoms with Crippen LogP contribution < -0.4 is 0 Å². The second-order valence-corrected chi connectivity index (χ2v) is 6.10. The normalized spacial score (nSPS) is 33.8. The van der Waals surface area contributed by atoms with Crippen molar-refractivity contribution in [3.05, 3.63) is 0 Å². The van der Waals surface area contributed by atoms with Gasteiger partial charge in [-0.2, -0.15) is 0 Å². The minimum atomic E-state index is -0.354. The van der Waals surface area contributed by atoms with Crippen LogP contribution in [0.3, 0.4) is 0 Å². The molecule has 0 amide bonds. The van der Waals surface area contributed by atoms with Gasteiger partial charge in [0, 0.05) is 19.6 Å². The Balaban J connectivity index is 1.91. The van der Waals surface area contributed by atoms with Gasteiger partial charge in [0.2, 0.25) is 0 Å². The molecule has 0 atom stereocenters. The van der Waals surface area contributed by atoms with Crippen LogP contribution in [0.5, 0.6) is 0 Å². The van der Waals surface area contributed by atoms with Gasteiger partial charge < -0.3 is 9.22 Å². The van der Waals surface area contributed by atoms with Crippen LogP contribution in [-0.4, -0.2) is 66.8 Å². The maximum absolute atomic E-state index is 11.9. The Labute approximate surface area is 97.7 Å². The summed E-state index contributed by atoms with van der Waals surface area (Å²) in [6.45, 7) is 13.1. The predicted octanol–water partition coefficient (Wildman–Crippen LogP) is 0.474. The fourth-order valence-electron chi connectivity index (χ4n) is 2.62. The molecule has 0 aliphatic carbocycles. The molecule has 0 aromatic carbocycles. The van der Waals surface area contributed by atoms with E-state index in [-0.39, 0.29) is 11.6 Å². The lowest BCUT2D eigenvalue weighted by atomic mass is 10.1. The molecule has 3 heterocycles. The first-order chi connectivity index (χ1) is 7.39. The lowest BCUT2D eigenvalue weighted by molar-refractivity contribution is -0.934. The van der Waals surface area contributed by atoms with Crippen molar-refractivity contribution in [2.75, 3.05) is 45.8 Å². The van der Waals surface area contributed by atoms with E-state index in [2.05, 4.69) is 4.90 Å². The molecule has 3 aliphatic heterocycles. The molecular formula is C12H23N2O2+. The van der Waals surface area contributed by atoms with Crippen molar-refractivity contribution in [1.29, 1.82) is 0 Å². The zero-order valence-electron chi connectivity index (χ0n) is 10.7. The molecule has 92 valence electrons. The second-order valence-electron chi connectivity index (χ2n) is 6.10. The Bertz CT molecular complexity index is 261. The number of carbonyl (C=O) groups is 1. The van der Waals surface area contributed by atoms with Crippen LogP contribution in [-0.2, 0) is 9.53 Å². The Morgan fingerprint density at radius 2 is 1.69 bits per heavy atom. The van der Waals surface area contributed by atoms with Crippen molar-refractivity contribution in [3.8, 4) is 0 Å². The van der Waals surface area contributed by atoms with Crippen LogP contribution in [0.2, 0.25) is 0 Å². The SMILES string of the molecule is CC(C)(C)OC(=O)C[N+]12CCN(CC1)CC2. The first-order valence-corrected chi connectivity index (χ1v) is 6.18. The third kappa shape index (κ3) is 2.74. The first-order valence-electron chi connectivity index (χ1n) is 6.18. The van der Waals surface area contributed by atoms with E-state index in [0.29, 0.717) is 6.54 Å². The molecule has 0 aromatic heterocycles. The lowest BCUT2D eigenvalue weighted by Crippen LogP contribution is -2.68. The third-order valence-electron chi connectivity index (χ3n) is 3.56. The summed E-state index contributed by atoms with van der Waals surface area (Å²) < 4.78 is 6.37. The van der Waals surface area contributed by atoms with Crippen molar-refractivity contribution < 1.29 is 14.0 Å². The van der Waals surface area contributed by atoms with Crippen LogP contribution in [0.15, 0.2) is 0 Å². The number of piperazine rings is 3. The molecule has 0 aromatic rings. The smallest absolute Gasteiger partial charge is 0.362 e. The molecule has 3 aliphatic rings. The van der Waals surface area contributed by atoms with Gasteiger partial charge in [0.25, 0.3) is 0 Å². The quantitative estimate of drug-likeness (QED) is 0.507. The molecule has 0 unspecified atom stereocenters. The number of hydrogen-bond acceptors (Lipinski definition) is 3. The number of esters is 1. The average molecular weight is 227 g/mol. The summed E-state index contributed by atoms with van der Waals surface area (Å²) >= 11 is 0. The van der Waals surface area contributed by atoms with Gasteiger partial charge in [-0.25, -0.2) is 4.79 Å². The fraction of sp³-hybridized carbons (Fsp3) is 0.917. The van der Waals surface area contributed by atoms with E-state index < -0.39 is 0 Å². The van der Waals surface area contributed by atoms with Gasteiger partial charge in [-0.05, 0) is 20.8 Å². The average Bonchev–Trinajstić information content (AvgIpc) is 2.16. The number of carbonyl (C=O) groups excluding carboxylic acids is 1. The Hall–Kier alpha value is -0.610. The van der Waals surface area contributed by atoms with Gasteiger partial charge >= 0.3 is 5.97 Å². The topological polar surface area (TPSA) is 29.5 Å². The number of hydrogen-bond donors (Lipinski definition) is 0. The Morgan fingerprint density at radius 1 is 1.19 bits per heavy atom. The van der Waals surface area contributed by atoms with E-state index in [1.807, 2.05) is 20.8 Å². The van der Waals surface area contributed by atoms with Gasteiger partial charge in [0.1, 0.15) is 5.60 Å². The fourth-order valence-corrected chi connectivity index (χ4v) is 2.62. The second kappa shape index (κ2) is 4.00. The maximum atomic E-state index is 11.9. The molecule has 4 heteroatoms. The molecule has 0 spiro atoms. The number of rotatable bonds is 2. The van der Waals surface area contributed by atoms with Crippen LogP contribution in [0.25, 0.3) is 0 Å². The number of nitrogens with zero attached hydrogens (tertiary/aromatic N) is 2. The van der Waals surface area contributed by atoms with Crippen molar-refractivity contribution in [1.82, 2.24) is 4.90 Å². The van der Waals surface area contributed by atoms with Crippen LogP contribution in [0, 0.1) is 0 Å². The zero-order valence-corrected chi connectivity index (χ0v) is 10.7. The summed E-state index contributed by atoms with van der Waals surface area (Å²) in [5, 5.41) is 0. The van der Waals surface area contributed by atoms with Crippen molar-refractivity contribution in [2.45, 2.75) is 26.4 Å². The molecule has 4 nitrogen and oxygen atoms in total. The largest absolute Gasteiger partial charge is 0.456 e. The van der Waals surface area contributed by atoms with Crippen LogP contribution in [0.1, 0.15) is 20.8 Å². The Morgan fingerprint density at radius 3 is 2.12 bits per heavy atom. The van der Waals surface area contributed by atoms with Crippen molar-refractivity contribution >= 4 is 5.97 Å². The van der Waals surface area contributed by atoms with Gasteiger partial charge in [-0.15, -0.1) is 0 Å². The highest BCUT2D eigenvalue weighted by atomic mass is 16.6. The summed E-state index contributed by atoms with van der Waals surface area (Å²) in [6, 6.07) is 0. The molecule has 3 rings (SSSR count). The van der Waals surface area contributed by atoms with E-state index in [0.717, 1.165) is 43.8 Å². The van der Waals surface area contributed by atoms with Crippen LogP contribution >= 0.6 is 0 Å². The number of quaternary nitrogens is 1. The monoisotopic (exact) mass is 227 g/mol. The maximum Gasteiger partial charge on any atom is 0.362 e. The predicted molar refractivity (Wildman–Crippen MR) is 62.0 cm³/mol. The highest BCUT2D eigenvalue weighted by molar-refractivity contribution is 5.71. The summed E-state index contributed by atoms with van der Waals surface area (Å²) in [5.74, 6) is -0.0390. The van der Waals surface area contributed by atoms with E-state index >= 15 is 0 Å². The number of fused-ring (bicyclic) bond motifs is 3. The molecule has 16 heavy (non-hydrogen) atoms. The van der Waals surface area contributed by atoms with E-state index in [9.17, 15) is 4.79 Å². The highest BCUT2D eigenvalue weighted by Crippen LogP contribution is 2.20. The summed E-state index contributed by atoms with van der Waals surface area (Å²) in [5.41, 5.74) is -0.354. The summed E-state index contributed by atoms with van der Waals surface area (Å²) in [4.78, 5) is 14.3. The van der Waals surface area contributed by atoms with Crippen LogP contribution in [0.4, 0.5) is 0 Å². The van der Waals surface area contributed by atoms with E-state index in [1.54, 1.807) is 0 Å². The van der Waals surface area contributed by atoms with Crippen molar-refractivity contribution in [3.63, 3.8) is 0 Å². The minimum absolute atomic E-state index is 0.0390. The molecular weight excluding hydrogens is 204 g/mol. The van der Waals surface area contributed by atoms with E-state index in [1.165, 1.54) is 0 Å². The first kappa shape index (κ1) is 11.9. The van der Waals surface area contributed by atoms with Gasteiger partial charge in [0.15, 0.2) is 6.54 Å². The molecule has 3 fully saturated rings. The molecule has 0 radical (unpaired) electrons. The van der Waals surface area contributed by atoms with Gasteiger partial charge in [-0.1, -0.05) is 0 Å². The van der Waals surface area contributed by atoms with Gasteiger partial charge in [0.05, 0.1) is 19.6 Å². The van der Waals surface area contributed by atoms with Gasteiger partial charge in [-0.3, -0.25) is 4.90 Å². The molecule has 0 saturated carbocycles. The van der Waals surface area contributed by atoms with E-state index in [4.69, 9.17) is 4.74 Å². The standard InChI is InChI=1S/C12H23N2O2/c1-12(2,3)16-11(15)10-14-7-4-13(5-8-14)6-9-14/h4-10H2,1-3H3/q+1. The summed E-state index contributed by atoms with van der Waals surface area (Å²) in [7, 11) is 0. The number of ether oxygens (including phenoxy) is 1. The molecule has 2 bridgehead atoms. The van der Waals surface area contributed by atoms with Crippen molar-refractivity contribution in [2.24, 2.45) is 0 Å². The molecule has 3 saturated heterocycles. The lowest BCUT2D eigenvalue weighted by Gasteiger charge is -2.49. The summed E-state index contributed by atoms with van der Waals surface area (Å²) in [6.07, 6.45) is 0. The highest BCUT2D eigenvalue weighted by Gasteiger charge is 2.40. The molecule has 0 N–H and O–H groups in total.